The van der Waals surface area contributed by atoms with Crippen molar-refractivity contribution in [3.63, 3.8) is 0 Å². The maximum absolute atomic E-state index is 2.54. The van der Waals surface area contributed by atoms with Gasteiger partial charge in [0.1, 0.15) is 0 Å². The van der Waals surface area contributed by atoms with Gasteiger partial charge in [0.15, 0.2) is 0 Å². The van der Waals surface area contributed by atoms with Gasteiger partial charge in [-0.25, -0.2) is 0 Å². The smallest absolute Gasteiger partial charge is 0.0728 e. The molecule has 0 bridgehead atoms. The molecule has 0 spiro atoms. The molecule has 0 saturated carbocycles. The Morgan fingerprint density at radius 2 is 0.885 bits per heavy atom. The molecular formula is C48H31N3S. The van der Waals surface area contributed by atoms with Gasteiger partial charge in [-0.1, -0.05) is 97.1 Å². The first-order valence-corrected chi connectivity index (χ1v) is 18.5. The monoisotopic (exact) mass is 681 g/mol. The van der Waals surface area contributed by atoms with Gasteiger partial charge in [0, 0.05) is 60.4 Å². The zero-order valence-corrected chi connectivity index (χ0v) is 29.0. The first kappa shape index (κ1) is 29.1. The van der Waals surface area contributed by atoms with Gasteiger partial charge in [-0.2, -0.15) is 0 Å². The second-order valence-corrected chi connectivity index (χ2v) is 14.5. The Bertz CT molecular complexity index is 2980. The van der Waals surface area contributed by atoms with Crippen LogP contribution in [0.1, 0.15) is 0 Å². The Balaban J connectivity index is 1.13. The van der Waals surface area contributed by atoms with Crippen LogP contribution in [0.3, 0.4) is 0 Å². The number of hydrogen-bond donors (Lipinski definition) is 0. The van der Waals surface area contributed by atoms with Crippen molar-refractivity contribution in [2.75, 3.05) is 9.80 Å². The van der Waals surface area contributed by atoms with Gasteiger partial charge >= 0.3 is 0 Å². The summed E-state index contributed by atoms with van der Waals surface area (Å²) in [5, 5.41) is 7.66. The van der Waals surface area contributed by atoms with E-state index < -0.39 is 0 Å². The fourth-order valence-electron chi connectivity index (χ4n) is 8.17. The standard InChI is InChI=1S/C48H31N3S/c1-5-14-34(15-6-1)49(35-16-7-2-8-17-35)38-25-24-32-29-43-40-22-13-23-42-46(40)51(44(43)30-33(32)28-38)47-41-27-26-39(31-45(41)52-48(42)47)50(36-18-9-3-10-19-36)37-20-11-4-12-21-37/h1-31H. The van der Waals surface area contributed by atoms with E-state index in [2.05, 4.69) is 202 Å². The highest BCUT2D eigenvalue weighted by atomic mass is 32.1. The van der Waals surface area contributed by atoms with Gasteiger partial charge in [-0.05, 0) is 102 Å². The largest absolute Gasteiger partial charge is 0.310 e. The second-order valence-electron chi connectivity index (χ2n) is 13.4. The molecule has 3 nitrogen and oxygen atoms in total. The fraction of sp³-hybridized carbons (Fsp3) is 0. The summed E-state index contributed by atoms with van der Waals surface area (Å²) in [5.74, 6) is 0. The number of aromatic nitrogens is 1. The molecule has 0 radical (unpaired) electrons. The number of hydrogen-bond acceptors (Lipinski definition) is 3. The summed E-state index contributed by atoms with van der Waals surface area (Å²) in [6.45, 7) is 0. The van der Waals surface area contributed by atoms with Gasteiger partial charge in [0.2, 0.25) is 0 Å². The Morgan fingerprint density at radius 3 is 1.48 bits per heavy atom. The molecule has 244 valence electrons. The quantitative estimate of drug-likeness (QED) is 0.173. The minimum absolute atomic E-state index is 1.14. The summed E-state index contributed by atoms with van der Waals surface area (Å²) in [6, 6.07) is 68.0. The van der Waals surface area contributed by atoms with E-state index in [-0.39, 0.29) is 0 Å². The lowest BCUT2D eigenvalue weighted by atomic mass is 10.0. The molecule has 0 amide bonds. The zero-order valence-electron chi connectivity index (χ0n) is 28.1. The Morgan fingerprint density at radius 1 is 0.346 bits per heavy atom. The molecule has 0 aliphatic rings. The molecule has 8 aromatic carbocycles. The summed E-state index contributed by atoms with van der Waals surface area (Å²) in [7, 11) is 0. The lowest BCUT2D eigenvalue weighted by Crippen LogP contribution is -2.09. The van der Waals surface area contributed by atoms with Gasteiger partial charge in [0.05, 0.1) is 21.3 Å². The molecule has 3 aromatic heterocycles. The maximum Gasteiger partial charge on any atom is 0.0728 e. The van der Waals surface area contributed by atoms with Crippen LogP contribution in [0.4, 0.5) is 34.1 Å². The van der Waals surface area contributed by atoms with Crippen LogP contribution in [0.15, 0.2) is 188 Å². The number of thiophene rings is 1. The number of benzene rings is 8. The van der Waals surface area contributed by atoms with Crippen molar-refractivity contribution < 1.29 is 0 Å². The molecule has 0 N–H and O–H groups in total. The summed E-state index contributed by atoms with van der Waals surface area (Å²) in [5.41, 5.74) is 10.7. The van der Waals surface area contributed by atoms with Gasteiger partial charge in [0.25, 0.3) is 0 Å². The van der Waals surface area contributed by atoms with Gasteiger partial charge in [-0.3, -0.25) is 0 Å². The third kappa shape index (κ3) is 4.38. The van der Waals surface area contributed by atoms with E-state index in [9.17, 15) is 0 Å². The highest BCUT2D eigenvalue weighted by molar-refractivity contribution is 7.26. The lowest BCUT2D eigenvalue weighted by Gasteiger charge is -2.25. The van der Waals surface area contributed by atoms with E-state index in [1.165, 1.54) is 58.3 Å². The molecule has 11 rings (SSSR count). The van der Waals surface area contributed by atoms with Crippen molar-refractivity contribution in [3.8, 4) is 0 Å². The summed E-state index contributed by atoms with van der Waals surface area (Å²) in [4.78, 5) is 4.69. The number of nitrogens with zero attached hydrogens (tertiary/aromatic N) is 3. The highest BCUT2D eigenvalue weighted by Crippen LogP contribution is 2.48. The van der Waals surface area contributed by atoms with Crippen LogP contribution in [-0.4, -0.2) is 4.40 Å². The second kappa shape index (κ2) is 11.5. The molecule has 0 unspecified atom stereocenters. The summed E-state index contributed by atoms with van der Waals surface area (Å²) >= 11 is 1.90. The Labute approximate surface area is 304 Å². The van der Waals surface area contributed by atoms with Crippen LogP contribution in [0.2, 0.25) is 0 Å². The van der Waals surface area contributed by atoms with Crippen molar-refractivity contribution in [1.29, 1.82) is 0 Å². The minimum Gasteiger partial charge on any atom is -0.310 e. The van der Waals surface area contributed by atoms with Crippen molar-refractivity contribution >= 4 is 104 Å². The van der Waals surface area contributed by atoms with Gasteiger partial charge in [-0.15, -0.1) is 11.3 Å². The molecule has 0 aliphatic heterocycles. The summed E-state index contributed by atoms with van der Waals surface area (Å²) in [6.07, 6.45) is 0. The van der Waals surface area contributed by atoms with Crippen LogP contribution < -0.4 is 9.80 Å². The molecule has 11 aromatic rings. The number of fused-ring (bicyclic) bond motifs is 9. The molecule has 3 heterocycles. The van der Waals surface area contributed by atoms with E-state index in [0.29, 0.717) is 0 Å². The summed E-state index contributed by atoms with van der Waals surface area (Å²) < 4.78 is 5.17. The van der Waals surface area contributed by atoms with E-state index >= 15 is 0 Å². The Hall–Kier alpha value is -6.62. The van der Waals surface area contributed by atoms with Crippen molar-refractivity contribution in [2.24, 2.45) is 0 Å². The van der Waals surface area contributed by atoms with Crippen molar-refractivity contribution in [3.05, 3.63) is 188 Å². The first-order valence-electron chi connectivity index (χ1n) is 17.7. The predicted octanol–water partition coefficient (Wildman–Crippen LogP) is 14.1. The zero-order chi connectivity index (χ0) is 34.2. The fourth-order valence-corrected chi connectivity index (χ4v) is 9.42. The van der Waals surface area contributed by atoms with E-state index in [0.717, 1.165) is 34.1 Å². The third-order valence-corrected chi connectivity index (χ3v) is 11.6. The maximum atomic E-state index is 2.54. The minimum atomic E-state index is 1.14. The normalized spacial score (nSPS) is 11.8. The molecular weight excluding hydrogens is 651 g/mol. The lowest BCUT2D eigenvalue weighted by molar-refractivity contribution is 1.29. The van der Waals surface area contributed by atoms with E-state index in [1.54, 1.807) is 0 Å². The van der Waals surface area contributed by atoms with E-state index in [4.69, 9.17) is 0 Å². The average Bonchev–Trinajstić information content (AvgIpc) is 3.84. The molecule has 0 aliphatic carbocycles. The van der Waals surface area contributed by atoms with Crippen LogP contribution in [0.25, 0.3) is 58.3 Å². The number of anilines is 6. The van der Waals surface area contributed by atoms with Crippen LogP contribution in [-0.2, 0) is 0 Å². The number of para-hydroxylation sites is 5. The highest BCUT2D eigenvalue weighted by Gasteiger charge is 2.23. The SMILES string of the molecule is c1ccc(N(c2ccccc2)c2ccc3cc4c5cccc6c7sc8cc(N(c9ccccc9)c9ccccc9)ccc8c7n(c4cc3c2)c56)cc1. The van der Waals surface area contributed by atoms with Crippen LogP contribution in [0.5, 0.6) is 0 Å². The topological polar surface area (TPSA) is 10.9 Å². The van der Waals surface area contributed by atoms with Crippen molar-refractivity contribution in [1.82, 2.24) is 4.40 Å². The molecule has 52 heavy (non-hydrogen) atoms. The van der Waals surface area contributed by atoms with Crippen molar-refractivity contribution in [2.45, 2.75) is 0 Å². The van der Waals surface area contributed by atoms with E-state index in [1.807, 2.05) is 11.3 Å². The Kier molecular flexibility index (Phi) is 6.42. The average molecular weight is 682 g/mol. The van der Waals surface area contributed by atoms with Crippen LogP contribution in [0, 0.1) is 0 Å². The molecule has 4 heteroatoms. The third-order valence-electron chi connectivity index (χ3n) is 10.4. The molecule has 0 fully saturated rings. The number of rotatable bonds is 6. The molecule has 0 atom stereocenters. The first-order chi connectivity index (χ1) is 25.8. The van der Waals surface area contributed by atoms with Gasteiger partial charge < -0.3 is 14.2 Å². The molecule has 0 saturated heterocycles. The predicted molar refractivity (Wildman–Crippen MR) is 223 cm³/mol. The van der Waals surface area contributed by atoms with Crippen LogP contribution >= 0.6 is 11.3 Å².